The molecule has 45 heavy (non-hydrogen) atoms. The standard InChI is InChI=1S/C30H36O15/c1-15(31)2-3-16-5-8-21(20(34)11-16)44-28-26(38)25(37)24(36)22(45-28)12-41-29-27(39)30(40,14-43-29)13-42-23(35)9-6-17-4-7-18(32)19(33)10-17/h4-11,22,24-29,32-34,36-40H,2-3,12-14H2,1H3. The molecule has 4 rings (SSSR count). The number of aromatic hydroxyl groups is 3. The molecular weight excluding hydrogens is 600 g/mol. The topological polar surface area (TPSA) is 242 Å². The first kappa shape index (κ1) is 34.1. The maximum absolute atomic E-state index is 12.1. The number of Topliss-reactive ketones (excluding diaryl/α,β-unsaturated/α-hetero) is 1. The van der Waals surface area contributed by atoms with Crippen molar-refractivity contribution in [3.05, 3.63) is 53.6 Å². The highest BCUT2D eigenvalue weighted by Crippen LogP contribution is 2.33. The monoisotopic (exact) mass is 636 g/mol. The molecule has 8 unspecified atom stereocenters. The first-order valence-corrected chi connectivity index (χ1v) is 14.0. The van der Waals surface area contributed by atoms with E-state index in [1.54, 1.807) is 6.07 Å². The van der Waals surface area contributed by atoms with Crippen molar-refractivity contribution in [3.8, 4) is 23.0 Å². The van der Waals surface area contributed by atoms with E-state index in [-0.39, 0.29) is 35.2 Å². The summed E-state index contributed by atoms with van der Waals surface area (Å²) in [6.07, 6.45) is -8.22. The Morgan fingerprint density at radius 1 is 0.956 bits per heavy atom. The number of aryl methyl sites for hydroxylation is 1. The van der Waals surface area contributed by atoms with Crippen LogP contribution in [0.15, 0.2) is 42.5 Å². The molecule has 2 aliphatic heterocycles. The summed E-state index contributed by atoms with van der Waals surface area (Å²) in [5.74, 6) is -2.03. The van der Waals surface area contributed by atoms with Crippen LogP contribution in [0.4, 0.5) is 0 Å². The van der Waals surface area contributed by atoms with Gasteiger partial charge >= 0.3 is 5.97 Å². The highest BCUT2D eigenvalue weighted by molar-refractivity contribution is 5.87. The van der Waals surface area contributed by atoms with Gasteiger partial charge in [-0.25, -0.2) is 4.79 Å². The number of carbonyl (C=O) groups is 2. The maximum atomic E-state index is 12.1. The summed E-state index contributed by atoms with van der Waals surface area (Å²) >= 11 is 0. The highest BCUT2D eigenvalue weighted by atomic mass is 16.7. The van der Waals surface area contributed by atoms with Gasteiger partial charge in [0.1, 0.15) is 42.9 Å². The van der Waals surface area contributed by atoms with E-state index in [2.05, 4.69) is 0 Å². The van der Waals surface area contributed by atoms with Crippen molar-refractivity contribution < 1.29 is 74.1 Å². The van der Waals surface area contributed by atoms with E-state index in [0.29, 0.717) is 17.5 Å². The number of phenols is 3. The molecule has 8 atom stereocenters. The predicted octanol–water partition coefficient (Wildman–Crippen LogP) is -0.767. The van der Waals surface area contributed by atoms with Gasteiger partial charge in [-0.2, -0.15) is 0 Å². The number of aliphatic hydroxyl groups excluding tert-OH is 4. The minimum Gasteiger partial charge on any atom is -0.504 e. The second-order valence-electron chi connectivity index (χ2n) is 10.9. The number of hydrogen-bond acceptors (Lipinski definition) is 15. The van der Waals surface area contributed by atoms with Crippen molar-refractivity contribution in [2.24, 2.45) is 0 Å². The van der Waals surface area contributed by atoms with E-state index in [1.165, 1.54) is 43.3 Å². The smallest absolute Gasteiger partial charge is 0.330 e. The maximum Gasteiger partial charge on any atom is 0.330 e. The summed E-state index contributed by atoms with van der Waals surface area (Å²) in [7, 11) is 0. The van der Waals surface area contributed by atoms with Gasteiger partial charge in [0.2, 0.25) is 6.29 Å². The second kappa shape index (κ2) is 14.5. The third-order valence-corrected chi connectivity index (χ3v) is 7.31. The molecule has 0 bridgehead atoms. The summed E-state index contributed by atoms with van der Waals surface area (Å²) in [5, 5.41) is 81.9. The zero-order chi connectivity index (χ0) is 32.9. The van der Waals surface area contributed by atoms with Gasteiger partial charge in [0, 0.05) is 12.5 Å². The molecule has 246 valence electrons. The number of ketones is 1. The van der Waals surface area contributed by atoms with Gasteiger partial charge in [-0.3, -0.25) is 0 Å². The van der Waals surface area contributed by atoms with Crippen LogP contribution in [0.1, 0.15) is 24.5 Å². The fourth-order valence-corrected chi connectivity index (χ4v) is 4.58. The van der Waals surface area contributed by atoms with Crippen molar-refractivity contribution in [1.29, 1.82) is 0 Å². The van der Waals surface area contributed by atoms with Crippen molar-refractivity contribution in [3.63, 3.8) is 0 Å². The number of hydrogen-bond donors (Lipinski definition) is 8. The molecule has 2 aromatic carbocycles. The van der Waals surface area contributed by atoms with Crippen molar-refractivity contribution in [2.75, 3.05) is 19.8 Å². The van der Waals surface area contributed by atoms with E-state index < -0.39 is 74.5 Å². The van der Waals surface area contributed by atoms with Gasteiger partial charge in [-0.1, -0.05) is 12.1 Å². The van der Waals surface area contributed by atoms with Crippen LogP contribution >= 0.6 is 0 Å². The van der Waals surface area contributed by atoms with E-state index >= 15 is 0 Å². The van der Waals surface area contributed by atoms with Crippen molar-refractivity contribution >= 4 is 17.8 Å². The SMILES string of the molecule is CC(=O)CCc1ccc(OC2OC(COC3OCC(O)(COC(=O)C=Cc4ccc(O)c(O)c4)C3O)C(O)C(O)C2O)c(O)c1. The Labute approximate surface area is 257 Å². The molecule has 2 aliphatic rings. The molecule has 2 fully saturated rings. The van der Waals surface area contributed by atoms with Crippen LogP contribution in [0.2, 0.25) is 0 Å². The largest absolute Gasteiger partial charge is 0.504 e. The van der Waals surface area contributed by atoms with Crippen LogP contribution in [0, 0.1) is 0 Å². The third kappa shape index (κ3) is 8.47. The molecular formula is C30H36O15. The number of rotatable bonds is 12. The number of ether oxygens (including phenoxy) is 5. The van der Waals surface area contributed by atoms with E-state index in [1.807, 2.05) is 0 Å². The normalized spacial score (nSPS) is 30.0. The summed E-state index contributed by atoms with van der Waals surface area (Å²) in [4.78, 5) is 23.3. The number of aliphatic hydroxyl groups is 5. The molecule has 2 saturated heterocycles. The summed E-state index contributed by atoms with van der Waals surface area (Å²) in [6, 6.07) is 8.26. The zero-order valence-electron chi connectivity index (χ0n) is 24.1. The number of benzene rings is 2. The van der Waals surface area contributed by atoms with Crippen LogP contribution in [0.5, 0.6) is 23.0 Å². The molecule has 0 radical (unpaired) electrons. The van der Waals surface area contributed by atoms with Gasteiger partial charge in [0.25, 0.3) is 0 Å². The lowest BCUT2D eigenvalue weighted by atomic mass is 9.99. The molecule has 0 spiro atoms. The van der Waals surface area contributed by atoms with Crippen molar-refractivity contribution in [1.82, 2.24) is 0 Å². The first-order chi connectivity index (χ1) is 21.3. The van der Waals surface area contributed by atoms with Crippen LogP contribution < -0.4 is 4.74 Å². The number of phenolic OH excluding ortho intramolecular Hbond substituents is 3. The minimum atomic E-state index is -2.06. The minimum absolute atomic E-state index is 0.0169. The van der Waals surface area contributed by atoms with E-state index in [4.69, 9.17) is 23.7 Å². The molecule has 0 amide bonds. The van der Waals surface area contributed by atoms with Gasteiger partial charge < -0.3 is 69.3 Å². The average Bonchev–Trinajstić information content (AvgIpc) is 3.29. The van der Waals surface area contributed by atoms with Gasteiger partial charge in [0.05, 0.1) is 13.2 Å². The summed E-state index contributed by atoms with van der Waals surface area (Å²) in [6.45, 7) is -0.241. The zero-order valence-corrected chi connectivity index (χ0v) is 24.1. The van der Waals surface area contributed by atoms with Crippen molar-refractivity contribution in [2.45, 2.75) is 68.5 Å². The quantitative estimate of drug-likeness (QED) is 0.0811. The molecule has 2 heterocycles. The van der Waals surface area contributed by atoms with Crippen LogP contribution in [-0.2, 0) is 35.0 Å². The van der Waals surface area contributed by atoms with E-state index in [9.17, 15) is 50.4 Å². The summed E-state index contributed by atoms with van der Waals surface area (Å²) in [5.41, 5.74) is -1.02. The predicted molar refractivity (Wildman–Crippen MR) is 151 cm³/mol. The van der Waals surface area contributed by atoms with Gasteiger partial charge in [-0.15, -0.1) is 0 Å². The van der Waals surface area contributed by atoms with E-state index in [0.717, 1.165) is 6.08 Å². The third-order valence-electron chi connectivity index (χ3n) is 7.31. The molecule has 0 saturated carbocycles. The van der Waals surface area contributed by atoms with Crippen LogP contribution in [0.25, 0.3) is 6.08 Å². The Balaban J connectivity index is 1.30. The lowest BCUT2D eigenvalue weighted by Gasteiger charge is -2.40. The molecule has 0 aliphatic carbocycles. The van der Waals surface area contributed by atoms with Crippen LogP contribution in [-0.4, -0.2) is 121 Å². The van der Waals surface area contributed by atoms with Crippen LogP contribution in [0.3, 0.4) is 0 Å². The van der Waals surface area contributed by atoms with Gasteiger partial charge in [0.15, 0.2) is 34.9 Å². The second-order valence-corrected chi connectivity index (χ2v) is 10.9. The molecule has 15 heteroatoms. The Morgan fingerprint density at radius 2 is 1.71 bits per heavy atom. The average molecular weight is 637 g/mol. The lowest BCUT2D eigenvalue weighted by molar-refractivity contribution is -0.289. The Kier molecular flexibility index (Phi) is 11.0. The number of carbonyl (C=O) groups excluding carboxylic acids is 2. The highest BCUT2D eigenvalue weighted by Gasteiger charge is 2.51. The molecule has 8 N–H and O–H groups in total. The Bertz CT molecular complexity index is 1380. The summed E-state index contributed by atoms with van der Waals surface area (Å²) < 4.78 is 26.9. The first-order valence-electron chi connectivity index (χ1n) is 14.0. The Hall–Kier alpha value is -3.80. The fourth-order valence-electron chi connectivity index (χ4n) is 4.58. The molecule has 2 aromatic rings. The Morgan fingerprint density at radius 3 is 2.40 bits per heavy atom. The number of esters is 1. The molecule has 15 nitrogen and oxygen atoms in total. The van der Waals surface area contributed by atoms with Gasteiger partial charge in [-0.05, 0) is 54.8 Å². The lowest BCUT2D eigenvalue weighted by Crippen LogP contribution is -2.60. The fraction of sp³-hybridized carbons (Fsp3) is 0.467. The molecule has 0 aromatic heterocycles.